The molecule has 0 fully saturated rings. The van der Waals surface area contributed by atoms with E-state index in [-0.39, 0.29) is 6.04 Å². The zero-order chi connectivity index (χ0) is 22.3. The second-order valence-corrected chi connectivity index (χ2v) is 10.6. The van der Waals surface area contributed by atoms with E-state index in [1.807, 2.05) is 61.5 Å². The number of hydrogen-bond acceptors (Lipinski definition) is 6. The zero-order valence-electron chi connectivity index (χ0n) is 17.9. The number of aliphatic hydroxyl groups excluding tert-OH is 1. The Balaban J connectivity index is 1.32. The molecular weight excluding hydrogens is 422 g/mol. The molecule has 0 saturated heterocycles. The number of anilines is 1. The Hall–Kier alpha value is -2.71. The van der Waals surface area contributed by atoms with E-state index in [9.17, 15) is 13.5 Å². The summed E-state index contributed by atoms with van der Waals surface area (Å²) in [5.41, 5.74) is 5.79. The predicted octanol–water partition coefficient (Wildman–Crippen LogP) is 3.40. The largest absolute Gasteiger partial charge is 0.361 e. The van der Waals surface area contributed by atoms with E-state index >= 15 is 0 Å². The van der Waals surface area contributed by atoms with Gasteiger partial charge in [0.25, 0.3) is 0 Å². The third-order valence-electron chi connectivity index (χ3n) is 6.39. The number of rotatable bonds is 6. The van der Waals surface area contributed by atoms with Gasteiger partial charge >= 0.3 is 0 Å². The summed E-state index contributed by atoms with van der Waals surface area (Å²) < 4.78 is 26.4. The second-order valence-electron chi connectivity index (χ2n) is 8.54. The molecule has 3 aromatic carbocycles. The molecule has 3 aromatic rings. The maximum atomic E-state index is 13.2. The van der Waals surface area contributed by atoms with E-state index in [0.717, 1.165) is 29.8 Å². The Kier molecular flexibility index (Phi) is 5.51. The maximum Gasteiger partial charge on any atom is 0.185 e. The monoisotopic (exact) mass is 449 g/mol. The van der Waals surface area contributed by atoms with Gasteiger partial charge in [-0.1, -0.05) is 48.5 Å². The summed E-state index contributed by atoms with van der Waals surface area (Å²) in [4.78, 5) is 0.381. The van der Waals surface area contributed by atoms with Crippen molar-refractivity contribution in [2.75, 3.05) is 5.32 Å². The van der Waals surface area contributed by atoms with Crippen molar-refractivity contribution in [3.63, 3.8) is 0 Å². The fourth-order valence-corrected chi connectivity index (χ4v) is 6.63. The Morgan fingerprint density at radius 2 is 1.75 bits per heavy atom. The van der Waals surface area contributed by atoms with Crippen molar-refractivity contribution in [3.8, 4) is 0 Å². The number of aliphatic hydroxyl groups is 1. The van der Waals surface area contributed by atoms with Gasteiger partial charge in [0.15, 0.2) is 16.2 Å². The van der Waals surface area contributed by atoms with Crippen LogP contribution < -0.4 is 16.0 Å². The number of benzene rings is 3. The van der Waals surface area contributed by atoms with Crippen LogP contribution in [0.1, 0.15) is 46.0 Å². The van der Waals surface area contributed by atoms with Crippen LogP contribution in [-0.2, 0) is 29.3 Å². The molecule has 6 nitrogen and oxygen atoms in total. The van der Waals surface area contributed by atoms with Crippen LogP contribution in [0, 0.1) is 0 Å². The molecule has 5 rings (SSSR count). The first kappa shape index (κ1) is 21.2. The van der Waals surface area contributed by atoms with E-state index in [2.05, 4.69) is 16.0 Å². The van der Waals surface area contributed by atoms with Crippen molar-refractivity contribution >= 4 is 15.5 Å². The van der Waals surface area contributed by atoms with Crippen LogP contribution in [0.4, 0.5) is 5.69 Å². The highest BCUT2D eigenvalue weighted by Crippen LogP contribution is 2.42. The number of nitrogens with one attached hydrogen (secondary N) is 3. The average Bonchev–Trinajstić information content (AvgIpc) is 3.35. The average molecular weight is 450 g/mol. The number of hydrogen-bond donors (Lipinski definition) is 4. The third-order valence-corrected chi connectivity index (χ3v) is 8.59. The predicted molar refractivity (Wildman–Crippen MR) is 125 cm³/mol. The van der Waals surface area contributed by atoms with E-state index < -0.39 is 21.4 Å². The van der Waals surface area contributed by atoms with Crippen molar-refractivity contribution < 1.29 is 13.5 Å². The molecule has 0 aliphatic carbocycles. The molecule has 3 atom stereocenters. The van der Waals surface area contributed by atoms with Gasteiger partial charge in [0.05, 0.1) is 10.1 Å². The van der Waals surface area contributed by atoms with Crippen LogP contribution in [0.15, 0.2) is 71.6 Å². The van der Waals surface area contributed by atoms with Gasteiger partial charge in [-0.2, -0.15) is 0 Å². The molecule has 2 heterocycles. The molecule has 7 heteroatoms. The smallest absolute Gasteiger partial charge is 0.185 e. The van der Waals surface area contributed by atoms with E-state index in [0.29, 0.717) is 17.0 Å². The molecule has 0 radical (unpaired) electrons. The summed E-state index contributed by atoms with van der Waals surface area (Å²) in [5, 5.41) is 19.3. The minimum Gasteiger partial charge on any atom is -0.361 e. The van der Waals surface area contributed by atoms with Gasteiger partial charge in [0, 0.05) is 24.8 Å². The highest BCUT2D eigenvalue weighted by molar-refractivity contribution is 7.92. The molecule has 2 aliphatic heterocycles. The molecule has 0 aromatic heterocycles. The number of fused-ring (bicyclic) bond motifs is 2. The van der Waals surface area contributed by atoms with E-state index in [4.69, 9.17) is 0 Å². The highest BCUT2D eigenvalue weighted by atomic mass is 32.2. The van der Waals surface area contributed by atoms with Gasteiger partial charge in [-0.15, -0.1) is 0 Å². The summed E-state index contributed by atoms with van der Waals surface area (Å²) >= 11 is 0. The second kappa shape index (κ2) is 8.33. The normalized spacial score (nSPS) is 20.4. The first-order valence-electron chi connectivity index (χ1n) is 10.9. The van der Waals surface area contributed by atoms with Gasteiger partial charge < -0.3 is 15.7 Å². The van der Waals surface area contributed by atoms with Crippen LogP contribution >= 0.6 is 0 Å². The summed E-state index contributed by atoms with van der Waals surface area (Å²) in [6, 6.07) is 21.0. The first-order valence-corrected chi connectivity index (χ1v) is 12.4. The van der Waals surface area contributed by atoms with Crippen molar-refractivity contribution in [1.82, 2.24) is 10.6 Å². The topological polar surface area (TPSA) is 90.5 Å². The van der Waals surface area contributed by atoms with Gasteiger partial charge in [-0.25, -0.2) is 8.42 Å². The lowest BCUT2D eigenvalue weighted by Gasteiger charge is -2.21. The van der Waals surface area contributed by atoms with Crippen molar-refractivity contribution in [1.29, 1.82) is 0 Å². The molecule has 4 N–H and O–H groups in total. The van der Waals surface area contributed by atoms with Crippen molar-refractivity contribution in [2.24, 2.45) is 0 Å². The number of sulfone groups is 1. The summed E-state index contributed by atoms with van der Waals surface area (Å²) in [5.74, 6) is 0. The standard InChI is InChI=1S/C25H27N3O3S/c1-16(17-5-3-2-4-6-17)27-25(29)28-22-9-10-23-20(12-22)13-24(32(23,30)31)18-7-8-19-14-26-15-21(19)11-18/h2-12,16,24-29H,13-15H2,1H3/t16-,24?,25?/m0/s1. The zero-order valence-corrected chi connectivity index (χ0v) is 18.7. The van der Waals surface area contributed by atoms with Crippen LogP contribution in [0.25, 0.3) is 0 Å². The summed E-state index contributed by atoms with van der Waals surface area (Å²) in [6.07, 6.45) is -0.537. The molecular formula is C25H27N3O3S. The summed E-state index contributed by atoms with van der Waals surface area (Å²) in [7, 11) is -3.44. The Morgan fingerprint density at radius 3 is 2.56 bits per heavy atom. The lowest BCUT2D eigenvalue weighted by molar-refractivity contribution is 0.152. The van der Waals surface area contributed by atoms with Crippen LogP contribution in [0.5, 0.6) is 0 Å². The Morgan fingerprint density at radius 1 is 0.969 bits per heavy atom. The van der Waals surface area contributed by atoms with Crippen LogP contribution in [-0.4, -0.2) is 19.9 Å². The molecule has 0 spiro atoms. The molecule has 2 unspecified atom stereocenters. The maximum absolute atomic E-state index is 13.2. The van der Waals surface area contributed by atoms with Crippen molar-refractivity contribution in [2.45, 2.75) is 49.0 Å². The quantitative estimate of drug-likeness (QED) is 0.431. The lowest BCUT2D eigenvalue weighted by atomic mass is 10.00. The SMILES string of the molecule is C[C@H](NC(O)Nc1ccc2c(c1)CC(c1ccc3c(c1)CNC3)S2(=O)=O)c1ccccc1. The van der Waals surface area contributed by atoms with Gasteiger partial charge in [-0.3, -0.25) is 5.32 Å². The fourth-order valence-electron chi connectivity index (χ4n) is 4.66. The molecule has 2 aliphatic rings. The third kappa shape index (κ3) is 3.93. The molecule has 32 heavy (non-hydrogen) atoms. The molecule has 0 amide bonds. The van der Waals surface area contributed by atoms with Gasteiger partial charge in [0.1, 0.15) is 0 Å². The van der Waals surface area contributed by atoms with E-state index in [1.165, 1.54) is 11.1 Å². The molecule has 0 saturated carbocycles. The summed E-state index contributed by atoms with van der Waals surface area (Å²) in [6.45, 7) is 3.59. The minimum absolute atomic E-state index is 0.0489. The fraction of sp³-hybridized carbons (Fsp3) is 0.280. The molecule has 0 bridgehead atoms. The molecule has 166 valence electrons. The minimum atomic E-state index is -3.44. The lowest BCUT2D eigenvalue weighted by Crippen LogP contribution is -2.37. The first-order chi connectivity index (χ1) is 15.4. The van der Waals surface area contributed by atoms with Crippen molar-refractivity contribution in [3.05, 3.63) is 94.5 Å². The van der Waals surface area contributed by atoms with Crippen LogP contribution in [0.3, 0.4) is 0 Å². The van der Waals surface area contributed by atoms with Gasteiger partial charge in [-0.05, 0) is 59.4 Å². The van der Waals surface area contributed by atoms with Crippen LogP contribution in [0.2, 0.25) is 0 Å². The Bertz CT molecular complexity index is 1240. The highest BCUT2D eigenvalue weighted by Gasteiger charge is 2.38. The van der Waals surface area contributed by atoms with E-state index in [1.54, 1.807) is 12.1 Å². The Labute approximate surface area is 188 Å². The van der Waals surface area contributed by atoms with Gasteiger partial charge in [0.2, 0.25) is 0 Å².